The van der Waals surface area contributed by atoms with Crippen molar-refractivity contribution in [3.63, 3.8) is 0 Å². The molecule has 21 heavy (non-hydrogen) atoms. The molecule has 1 fully saturated rings. The van der Waals surface area contributed by atoms with Crippen molar-refractivity contribution in [1.29, 1.82) is 0 Å². The number of rotatable bonds is 6. The van der Waals surface area contributed by atoms with Gasteiger partial charge in [-0.05, 0) is 43.5 Å². The van der Waals surface area contributed by atoms with Crippen LogP contribution in [0.15, 0.2) is 24.3 Å². The fraction of sp³-hybridized carbons (Fsp3) is 0.500. The Bertz CT molecular complexity index is 492. The Morgan fingerprint density at radius 1 is 1.29 bits per heavy atom. The summed E-state index contributed by atoms with van der Waals surface area (Å²) in [7, 11) is 0. The Balaban J connectivity index is 1.93. The predicted octanol–water partition coefficient (Wildman–Crippen LogP) is 3.06. The number of ether oxygens (including phenoxy) is 1. The van der Waals surface area contributed by atoms with Crippen molar-refractivity contribution in [3.8, 4) is 0 Å². The SMILES string of the molecule is CCC(OC1CCCC1)C(=O)Nc1ccc(C(=O)O)cc1. The number of aromatic carboxylic acids is 1. The van der Waals surface area contributed by atoms with Gasteiger partial charge in [0.1, 0.15) is 6.10 Å². The number of nitrogens with one attached hydrogen (secondary N) is 1. The molecule has 0 bridgehead atoms. The Morgan fingerprint density at radius 2 is 1.90 bits per heavy atom. The molecule has 1 unspecified atom stereocenters. The van der Waals surface area contributed by atoms with Gasteiger partial charge in [0, 0.05) is 5.69 Å². The molecule has 0 saturated heterocycles. The summed E-state index contributed by atoms with van der Waals surface area (Å²) in [6.45, 7) is 1.92. The molecule has 0 spiro atoms. The minimum Gasteiger partial charge on any atom is -0.478 e. The first-order valence-corrected chi connectivity index (χ1v) is 7.40. The average molecular weight is 291 g/mol. The molecule has 1 aliphatic carbocycles. The lowest BCUT2D eigenvalue weighted by molar-refractivity contribution is -0.131. The first-order valence-electron chi connectivity index (χ1n) is 7.40. The summed E-state index contributed by atoms with van der Waals surface area (Å²) < 4.78 is 5.85. The van der Waals surface area contributed by atoms with Gasteiger partial charge in [-0.1, -0.05) is 19.8 Å². The van der Waals surface area contributed by atoms with Crippen molar-refractivity contribution >= 4 is 17.6 Å². The van der Waals surface area contributed by atoms with Crippen LogP contribution in [-0.4, -0.2) is 29.2 Å². The minimum absolute atomic E-state index is 0.174. The van der Waals surface area contributed by atoms with Crippen molar-refractivity contribution < 1.29 is 19.4 Å². The molecule has 2 rings (SSSR count). The van der Waals surface area contributed by atoms with E-state index in [-0.39, 0.29) is 17.6 Å². The summed E-state index contributed by atoms with van der Waals surface area (Å²) in [6, 6.07) is 6.11. The average Bonchev–Trinajstić information content (AvgIpc) is 2.98. The van der Waals surface area contributed by atoms with Crippen molar-refractivity contribution in [3.05, 3.63) is 29.8 Å². The van der Waals surface area contributed by atoms with E-state index in [9.17, 15) is 9.59 Å². The second-order valence-corrected chi connectivity index (χ2v) is 5.31. The van der Waals surface area contributed by atoms with Gasteiger partial charge in [0.15, 0.2) is 0 Å². The lowest BCUT2D eigenvalue weighted by Gasteiger charge is -2.20. The van der Waals surface area contributed by atoms with Crippen LogP contribution in [0.2, 0.25) is 0 Å². The summed E-state index contributed by atoms with van der Waals surface area (Å²) in [5.41, 5.74) is 0.778. The van der Waals surface area contributed by atoms with Crippen LogP contribution in [0.4, 0.5) is 5.69 Å². The van der Waals surface area contributed by atoms with Gasteiger partial charge in [-0.25, -0.2) is 4.79 Å². The van der Waals surface area contributed by atoms with Gasteiger partial charge in [0.25, 0.3) is 5.91 Å². The van der Waals surface area contributed by atoms with E-state index >= 15 is 0 Å². The second-order valence-electron chi connectivity index (χ2n) is 5.31. The summed E-state index contributed by atoms with van der Waals surface area (Å²) in [4.78, 5) is 23.0. The molecule has 1 amide bonds. The zero-order valence-electron chi connectivity index (χ0n) is 12.2. The smallest absolute Gasteiger partial charge is 0.335 e. The molecular weight excluding hydrogens is 270 g/mol. The maximum absolute atomic E-state index is 12.2. The normalized spacial score (nSPS) is 16.6. The van der Waals surface area contributed by atoms with Crippen molar-refractivity contribution in [1.82, 2.24) is 0 Å². The van der Waals surface area contributed by atoms with E-state index < -0.39 is 12.1 Å². The lowest BCUT2D eigenvalue weighted by Crippen LogP contribution is -2.32. The highest BCUT2D eigenvalue weighted by Gasteiger charge is 2.24. The maximum Gasteiger partial charge on any atom is 0.335 e. The number of benzene rings is 1. The number of carboxylic acids is 1. The van der Waals surface area contributed by atoms with Crippen LogP contribution < -0.4 is 5.32 Å². The molecule has 5 nitrogen and oxygen atoms in total. The Morgan fingerprint density at radius 3 is 2.43 bits per heavy atom. The highest BCUT2D eigenvalue weighted by Crippen LogP contribution is 2.23. The zero-order chi connectivity index (χ0) is 15.2. The van der Waals surface area contributed by atoms with Crippen LogP contribution in [0.25, 0.3) is 0 Å². The standard InChI is InChI=1S/C16H21NO4/c1-2-14(21-13-5-3-4-6-13)15(18)17-12-9-7-11(8-10-12)16(19)20/h7-10,13-14H,2-6H2,1H3,(H,17,18)(H,19,20). The van der Waals surface area contributed by atoms with E-state index in [1.54, 1.807) is 12.1 Å². The van der Waals surface area contributed by atoms with Crippen LogP contribution in [0, 0.1) is 0 Å². The van der Waals surface area contributed by atoms with Gasteiger partial charge in [0.2, 0.25) is 0 Å². The van der Waals surface area contributed by atoms with Crippen LogP contribution >= 0.6 is 0 Å². The molecule has 114 valence electrons. The first-order chi connectivity index (χ1) is 10.1. The largest absolute Gasteiger partial charge is 0.478 e. The Hall–Kier alpha value is -1.88. The van der Waals surface area contributed by atoms with Gasteiger partial charge < -0.3 is 15.2 Å². The fourth-order valence-electron chi connectivity index (χ4n) is 2.52. The van der Waals surface area contributed by atoms with Gasteiger partial charge in [-0.15, -0.1) is 0 Å². The van der Waals surface area contributed by atoms with E-state index in [2.05, 4.69) is 5.32 Å². The van der Waals surface area contributed by atoms with Crippen molar-refractivity contribution in [2.45, 2.75) is 51.2 Å². The van der Waals surface area contributed by atoms with Crippen LogP contribution in [-0.2, 0) is 9.53 Å². The quantitative estimate of drug-likeness (QED) is 0.844. The topological polar surface area (TPSA) is 75.6 Å². The van der Waals surface area contributed by atoms with E-state index in [1.807, 2.05) is 6.92 Å². The first kappa shape index (κ1) is 15.5. The zero-order valence-corrected chi connectivity index (χ0v) is 12.2. The molecule has 1 saturated carbocycles. The summed E-state index contributed by atoms with van der Waals surface area (Å²) in [6.07, 6.45) is 4.74. The predicted molar refractivity (Wildman–Crippen MR) is 79.5 cm³/mol. The van der Waals surface area contributed by atoms with Crippen molar-refractivity contribution in [2.75, 3.05) is 5.32 Å². The molecule has 1 aliphatic rings. The minimum atomic E-state index is -0.983. The van der Waals surface area contributed by atoms with Gasteiger partial charge >= 0.3 is 5.97 Å². The Kier molecular flexibility index (Phi) is 5.33. The van der Waals surface area contributed by atoms with Crippen LogP contribution in [0.3, 0.4) is 0 Å². The number of anilines is 1. The van der Waals surface area contributed by atoms with Crippen molar-refractivity contribution in [2.24, 2.45) is 0 Å². The maximum atomic E-state index is 12.2. The van der Waals surface area contributed by atoms with Crippen LogP contribution in [0.1, 0.15) is 49.4 Å². The molecule has 1 aromatic carbocycles. The molecular formula is C16H21NO4. The van der Waals surface area contributed by atoms with Crippen LogP contribution in [0.5, 0.6) is 0 Å². The number of hydrogen-bond acceptors (Lipinski definition) is 3. The third-order valence-electron chi connectivity index (χ3n) is 3.72. The molecule has 1 atom stereocenters. The molecule has 5 heteroatoms. The highest BCUT2D eigenvalue weighted by molar-refractivity contribution is 5.95. The Labute approximate surface area is 124 Å². The summed E-state index contributed by atoms with van der Waals surface area (Å²) in [5.74, 6) is -1.16. The number of carbonyl (C=O) groups is 2. The third kappa shape index (κ3) is 4.29. The third-order valence-corrected chi connectivity index (χ3v) is 3.72. The van der Waals surface area contributed by atoms with E-state index in [1.165, 1.54) is 25.0 Å². The van der Waals surface area contributed by atoms with E-state index in [0.29, 0.717) is 12.1 Å². The molecule has 0 aliphatic heterocycles. The molecule has 0 radical (unpaired) electrons. The highest BCUT2D eigenvalue weighted by atomic mass is 16.5. The number of carbonyl (C=O) groups excluding carboxylic acids is 1. The fourth-order valence-corrected chi connectivity index (χ4v) is 2.52. The van der Waals surface area contributed by atoms with Gasteiger partial charge in [-0.2, -0.15) is 0 Å². The van der Waals surface area contributed by atoms with Gasteiger partial charge in [-0.3, -0.25) is 4.79 Å². The summed E-state index contributed by atoms with van der Waals surface area (Å²) in [5, 5.41) is 11.6. The molecule has 0 heterocycles. The van der Waals surface area contributed by atoms with E-state index in [4.69, 9.17) is 9.84 Å². The second kappa shape index (κ2) is 7.22. The number of carboxylic acid groups (broad SMARTS) is 1. The monoisotopic (exact) mass is 291 g/mol. The molecule has 1 aromatic rings. The molecule has 0 aromatic heterocycles. The van der Waals surface area contributed by atoms with Gasteiger partial charge in [0.05, 0.1) is 11.7 Å². The number of hydrogen-bond donors (Lipinski definition) is 2. The van der Waals surface area contributed by atoms with E-state index in [0.717, 1.165) is 12.8 Å². The summed E-state index contributed by atoms with van der Waals surface area (Å²) >= 11 is 0. The molecule has 2 N–H and O–H groups in total. The lowest BCUT2D eigenvalue weighted by atomic mass is 10.2. The number of amides is 1.